The van der Waals surface area contributed by atoms with Gasteiger partial charge in [0, 0.05) is 11.1 Å². The van der Waals surface area contributed by atoms with Crippen molar-refractivity contribution in [2.45, 2.75) is 0 Å². The van der Waals surface area contributed by atoms with Crippen molar-refractivity contribution < 1.29 is 18.7 Å². The molecule has 2 N–H and O–H groups in total. The number of nitrogens with zero attached hydrogens (tertiary/aromatic N) is 1. The summed E-state index contributed by atoms with van der Waals surface area (Å²) in [6.45, 7) is 0. The molecular formula is C14H8N2O4. The van der Waals surface area contributed by atoms with Crippen LogP contribution in [0.3, 0.4) is 0 Å². The van der Waals surface area contributed by atoms with Crippen LogP contribution in [0.1, 0.15) is 21.5 Å². The standard InChI is InChI=1S/C14H8N2O4/c17-13-9-10(12(16-13)8-2-4-20-6-8)14(18)15-11(9)7-1-3-19-5-7/h1-6,15,18H. The first-order valence-electron chi connectivity index (χ1n) is 5.89. The highest BCUT2D eigenvalue weighted by molar-refractivity contribution is 6.30. The van der Waals surface area contributed by atoms with Crippen molar-refractivity contribution in [2.24, 2.45) is 4.99 Å². The Morgan fingerprint density at radius 2 is 1.75 bits per heavy atom. The van der Waals surface area contributed by atoms with E-state index in [1.807, 2.05) is 0 Å². The monoisotopic (exact) mass is 268 g/mol. The van der Waals surface area contributed by atoms with Gasteiger partial charge in [-0.25, -0.2) is 4.99 Å². The zero-order valence-electron chi connectivity index (χ0n) is 10.1. The van der Waals surface area contributed by atoms with E-state index < -0.39 is 5.91 Å². The molecule has 3 aromatic rings. The smallest absolute Gasteiger partial charge is 0.280 e. The molecule has 0 unspecified atom stereocenters. The summed E-state index contributed by atoms with van der Waals surface area (Å²) in [4.78, 5) is 18.9. The molecule has 0 fully saturated rings. The second-order valence-electron chi connectivity index (χ2n) is 4.39. The van der Waals surface area contributed by atoms with Gasteiger partial charge in [-0.2, -0.15) is 0 Å². The van der Waals surface area contributed by atoms with Gasteiger partial charge in [-0.05, 0) is 12.1 Å². The molecule has 0 bridgehead atoms. The third-order valence-corrected chi connectivity index (χ3v) is 3.25. The highest BCUT2D eigenvalue weighted by atomic mass is 16.3. The van der Waals surface area contributed by atoms with Gasteiger partial charge in [0.25, 0.3) is 5.91 Å². The number of fused-ring (bicyclic) bond motifs is 1. The number of aliphatic imine (C=N–C) groups is 1. The van der Waals surface area contributed by atoms with Gasteiger partial charge in [-0.15, -0.1) is 0 Å². The average Bonchev–Trinajstić information content (AvgIpc) is 3.17. The quantitative estimate of drug-likeness (QED) is 0.747. The summed E-state index contributed by atoms with van der Waals surface area (Å²) < 4.78 is 10.0. The third-order valence-electron chi connectivity index (χ3n) is 3.25. The van der Waals surface area contributed by atoms with E-state index in [0.29, 0.717) is 33.7 Å². The Morgan fingerprint density at radius 3 is 2.40 bits per heavy atom. The van der Waals surface area contributed by atoms with Gasteiger partial charge in [0.2, 0.25) is 0 Å². The van der Waals surface area contributed by atoms with Crippen LogP contribution in [-0.2, 0) is 0 Å². The van der Waals surface area contributed by atoms with Crippen LogP contribution >= 0.6 is 0 Å². The molecule has 0 spiro atoms. The number of hydrogen-bond acceptors (Lipinski definition) is 4. The number of aromatic nitrogens is 1. The van der Waals surface area contributed by atoms with E-state index in [-0.39, 0.29) is 5.88 Å². The van der Waals surface area contributed by atoms with Gasteiger partial charge in [0.05, 0.1) is 47.6 Å². The summed E-state index contributed by atoms with van der Waals surface area (Å²) in [5.41, 5.74) is 2.97. The number of H-pyrrole nitrogens is 1. The molecule has 6 heteroatoms. The third kappa shape index (κ3) is 1.33. The molecule has 6 nitrogen and oxygen atoms in total. The largest absolute Gasteiger partial charge is 0.494 e. The molecule has 0 radical (unpaired) electrons. The van der Waals surface area contributed by atoms with E-state index in [9.17, 15) is 9.90 Å². The SMILES string of the molecule is O=C1N=C(c2ccoc2)c2c(O)[nH]c(-c3ccoc3)c21. The fourth-order valence-corrected chi connectivity index (χ4v) is 2.38. The molecule has 4 rings (SSSR count). The molecule has 0 aromatic carbocycles. The van der Waals surface area contributed by atoms with Crippen molar-refractivity contribution in [2.75, 3.05) is 0 Å². The van der Waals surface area contributed by atoms with Crippen LogP contribution in [0.4, 0.5) is 0 Å². The highest BCUT2D eigenvalue weighted by Crippen LogP contribution is 2.37. The molecule has 0 saturated heterocycles. The van der Waals surface area contributed by atoms with Crippen LogP contribution in [0, 0.1) is 0 Å². The van der Waals surface area contributed by atoms with E-state index in [2.05, 4.69) is 9.98 Å². The second kappa shape index (κ2) is 3.74. The van der Waals surface area contributed by atoms with Crippen LogP contribution in [0.2, 0.25) is 0 Å². The maximum Gasteiger partial charge on any atom is 0.280 e. The van der Waals surface area contributed by atoms with Crippen LogP contribution in [0.25, 0.3) is 11.3 Å². The number of nitrogens with one attached hydrogen (secondary N) is 1. The summed E-state index contributed by atoms with van der Waals surface area (Å²) in [5, 5.41) is 10.1. The zero-order chi connectivity index (χ0) is 13.7. The van der Waals surface area contributed by atoms with Crippen LogP contribution in [-0.4, -0.2) is 21.7 Å². The predicted octanol–water partition coefficient (Wildman–Crippen LogP) is 2.56. The number of aromatic hydroxyl groups is 1. The first kappa shape index (κ1) is 10.9. The maximum absolute atomic E-state index is 12.1. The molecular weight excluding hydrogens is 260 g/mol. The minimum atomic E-state index is -0.399. The highest BCUT2D eigenvalue weighted by Gasteiger charge is 2.33. The lowest BCUT2D eigenvalue weighted by Gasteiger charge is -1.95. The molecule has 0 saturated carbocycles. The van der Waals surface area contributed by atoms with E-state index in [4.69, 9.17) is 8.83 Å². The molecule has 0 atom stereocenters. The summed E-state index contributed by atoms with van der Waals surface area (Å²) >= 11 is 0. The summed E-state index contributed by atoms with van der Waals surface area (Å²) in [6, 6.07) is 3.39. The lowest BCUT2D eigenvalue weighted by molar-refractivity contribution is 0.101. The molecule has 4 heterocycles. The molecule has 3 aromatic heterocycles. The molecule has 1 amide bonds. The van der Waals surface area contributed by atoms with Crippen molar-refractivity contribution in [3.05, 3.63) is 53.9 Å². The lowest BCUT2D eigenvalue weighted by atomic mass is 10.0. The molecule has 20 heavy (non-hydrogen) atoms. The number of rotatable bonds is 2. The van der Waals surface area contributed by atoms with E-state index in [0.717, 1.165) is 0 Å². The first-order valence-corrected chi connectivity index (χ1v) is 5.89. The number of carbonyl (C=O) groups is 1. The predicted molar refractivity (Wildman–Crippen MR) is 68.8 cm³/mol. The fourth-order valence-electron chi connectivity index (χ4n) is 2.38. The molecule has 98 valence electrons. The Hall–Kier alpha value is -3.02. The number of hydrogen-bond donors (Lipinski definition) is 2. The Labute approximate surface area is 112 Å². The van der Waals surface area contributed by atoms with E-state index in [1.165, 1.54) is 25.1 Å². The molecule has 0 aliphatic carbocycles. The van der Waals surface area contributed by atoms with Crippen molar-refractivity contribution in [3.8, 4) is 17.1 Å². The van der Waals surface area contributed by atoms with Gasteiger partial charge in [-0.1, -0.05) is 0 Å². The van der Waals surface area contributed by atoms with Gasteiger partial charge < -0.3 is 18.9 Å². The van der Waals surface area contributed by atoms with Crippen LogP contribution in [0.5, 0.6) is 5.88 Å². The van der Waals surface area contributed by atoms with Crippen LogP contribution in [0.15, 0.2) is 51.0 Å². The second-order valence-corrected chi connectivity index (χ2v) is 4.39. The van der Waals surface area contributed by atoms with Crippen molar-refractivity contribution in [3.63, 3.8) is 0 Å². The summed E-state index contributed by atoms with van der Waals surface area (Å²) in [6.07, 6.45) is 5.96. The minimum absolute atomic E-state index is 0.0954. The minimum Gasteiger partial charge on any atom is -0.494 e. The molecule has 1 aliphatic rings. The lowest BCUT2D eigenvalue weighted by Crippen LogP contribution is -1.97. The van der Waals surface area contributed by atoms with Gasteiger partial charge in [0.1, 0.15) is 0 Å². The van der Waals surface area contributed by atoms with Crippen LogP contribution < -0.4 is 0 Å². The van der Waals surface area contributed by atoms with Gasteiger partial charge in [-0.3, -0.25) is 4.79 Å². The van der Waals surface area contributed by atoms with Crippen molar-refractivity contribution >= 4 is 11.6 Å². The molecule has 1 aliphatic heterocycles. The number of aromatic amines is 1. The van der Waals surface area contributed by atoms with Gasteiger partial charge >= 0.3 is 0 Å². The summed E-state index contributed by atoms with van der Waals surface area (Å²) in [7, 11) is 0. The zero-order valence-corrected chi connectivity index (χ0v) is 10.1. The number of amides is 1. The Balaban J connectivity index is 1.95. The van der Waals surface area contributed by atoms with Gasteiger partial charge in [0.15, 0.2) is 5.88 Å². The Morgan fingerprint density at radius 1 is 1.05 bits per heavy atom. The number of carbonyl (C=O) groups excluding carboxylic acids is 1. The topological polar surface area (TPSA) is 91.7 Å². The van der Waals surface area contributed by atoms with Crippen molar-refractivity contribution in [1.29, 1.82) is 0 Å². The Bertz CT molecular complexity index is 823. The summed E-state index contributed by atoms with van der Waals surface area (Å²) in [5.74, 6) is -0.494. The van der Waals surface area contributed by atoms with E-state index in [1.54, 1.807) is 12.1 Å². The fraction of sp³-hybridized carbons (Fsp3) is 0. The average molecular weight is 268 g/mol. The van der Waals surface area contributed by atoms with E-state index >= 15 is 0 Å². The normalized spacial score (nSPS) is 13.6. The van der Waals surface area contributed by atoms with Crippen molar-refractivity contribution in [1.82, 2.24) is 4.98 Å². The Kier molecular flexibility index (Phi) is 2.03. The first-order chi connectivity index (χ1) is 9.75. The number of furan rings is 2. The maximum atomic E-state index is 12.1.